The van der Waals surface area contributed by atoms with Crippen LogP contribution < -0.4 is 5.73 Å². The Bertz CT molecular complexity index is 504. The maximum absolute atomic E-state index is 9.08. The normalized spacial score (nSPS) is 13.1. The molecule has 0 spiro atoms. The van der Waals surface area contributed by atoms with Crippen LogP contribution in [0.5, 0.6) is 0 Å². The maximum Gasteiger partial charge on any atom is 0.0585 e. The Morgan fingerprint density at radius 3 is 2.83 bits per heavy atom. The molecule has 0 unspecified atom stereocenters. The van der Waals surface area contributed by atoms with E-state index in [2.05, 4.69) is 42.0 Å². The fourth-order valence-corrected chi connectivity index (χ4v) is 2.35. The minimum absolute atomic E-state index is 0.0362. The van der Waals surface area contributed by atoms with Crippen LogP contribution in [0.2, 0.25) is 0 Å². The van der Waals surface area contributed by atoms with Gasteiger partial charge in [0.25, 0.3) is 0 Å². The number of hydrogen-bond acceptors (Lipinski definition) is 2. The lowest BCUT2D eigenvalue weighted by molar-refractivity contribution is 0.265. The third-order valence-corrected chi connectivity index (χ3v) is 3.34. The lowest BCUT2D eigenvalue weighted by Gasteiger charge is -2.06. The van der Waals surface area contributed by atoms with Crippen molar-refractivity contribution in [3.8, 4) is 0 Å². The molecule has 2 aromatic rings. The van der Waals surface area contributed by atoms with Gasteiger partial charge in [-0.05, 0) is 24.5 Å². The number of aromatic nitrogens is 1. The first-order valence-electron chi connectivity index (χ1n) is 6.69. The van der Waals surface area contributed by atoms with Gasteiger partial charge in [-0.3, -0.25) is 0 Å². The van der Waals surface area contributed by atoms with E-state index in [1.165, 1.54) is 29.3 Å². The highest BCUT2D eigenvalue weighted by molar-refractivity contribution is 5.84. The van der Waals surface area contributed by atoms with Gasteiger partial charge in [0, 0.05) is 29.7 Å². The van der Waals surface area contributed by atoms with E-state index in [1.807, 2.05) is 0 Å². The van der Waals surface area contributed by atoms with Crippen LogP contribution >= 0.6 is 0 Å². The molecular formula is C15H22N2O. The smallest absolute Gasteiger partial charge is 0.0585 e. The summed E-state index contributed by atoms with van der Waals surface area (Å²) in [4.78, 5) is 0. The van der Waals surface area contributed by atoms with Gasteiger partial charge in [0.05, 0.1) is 6.61 Å². The summed E-state index contributed by atoms with van der Waals surface area (Å²) in [6.45, 7) is 3.29. The summed E-state index contributed by atoms with van der Waals surface area (Å²) in [5.41, 5.74) is 8.35. The summed E-state index contributed by atoms with van der Waals surface area (Å²) >= 11 is 0. The van der Waals surface area contributed by atoms with Crippen LogP contribution in [0.25, 0.3) is 10.9 Å². The summed E-state index contributed by atoms with van der Waals surface area (Å²) < 4.78 is 2.30. The number of aryl methyl sites for hydroxylation is 1. The predicted octanol–water partition coefficient (Wildman–Crippen LogP) is 2.30. The van der Waals surface area contributed by atoms with Crippen LogP contribution in [0.15, 0.2) is 30.5 Å². The van der Waals surface area contributed by atoms with Gasteiger partial charge >= 0.3 is 0 Å². The molecule has 18 heavy (non-hydrogen) atoms. The Morgan fingerprint density at radius 2 is 2.11 bits per heavy atom. The molecule has 0 saturated carbocycles. The third kappa shape index (κ3) is 2.74. The van der Waals surface area contributed by atoms with Gasteiger partial charge in [0.2, 0.25) is 0 Å². The molecule has 3 nitrogen and oxygen atoms in total. The lowest BCUT2D eigenvalue weighted by Crippen LogP contribution is -2.26. The first-order chi connectivity index (χ1) is 8.76. The predicted molar refractivity (Wildman–Crippen MR) is 75.6 cm³/mol. The fraction of sp³-hybridized carbons (Fsp3) is 0.467. The molecule has 1 heterocycles. The molecule has 0 saturated heterocycles. The Hall–Kier alpha value is -1.32. The number of aliphatic hydroxyl groups is 1. The fourth-order valence-electron chi connectivity index (χ4n) is 2.35. The summed E-state index contributed by atoms with van der Waals surface area (Å²) in [7, 11) is 0. The Kier molecular flexibility index (Phi) is 4.39. The van der Waals surface area contributed by atoms with E-state index in [0.717, 1.165) is 13.0 Å². The van der Waals surface area contributed by atoms with Crippen molar-refractivity contribution in [1.29, 1.82) is 0 Å². The number of nitrogens with two attached hydrogens (primary N) is 1. The number of aliphatic hydroxyl groups excluding tert-OH is 1. The molecule has 0 bridgehead atoms. The number of nitrogens with zero attached hydrogens (tertiary/aromatic N) is 1. The zero-order chi connectivity index (χ0) is 13.0. The van der Waals surface area contributed by atoms with Gasteiger partial charge in [-0.25, -0.2) is 0 Å². The summed E-state index contributed by atoms with van der Waals surface area (Å²) in [6, 6.07) is 8.24. The number of benzene rings is 1. The molecule has 0 aliphatic heterocycles. The van der Waals surface area contributed by atoms with Gasteiger partial charge in [-0.1, -0.05) is 31.5 Å². The second kappa shape index (κ2) is 6.03. The number of rotatable bonds is 6. The van der Waals surface area contributed by atoms with Crippen LogP contribution in [-0.4, -0.2) is 22.3 Å². The summed E-state index contributed by atoms with van der Waals surface area (Å²) in [5.74, 6) is 0. The SMILES string of the molecule is CCCCn1cc(C[C@H](N)CO)c2ccccc21. The second-order valence-corrected chi connectivity index (χ2v) is 4.87. The lowest BCUT2D eigenvalue weighted by atomic mass is 10.1. The van der Waals surface area contributed by atoms with Crippen molar-refractivity contribution >= 4 is 10.9 Å². The van der Waals surface area contributed by atoms with Crippen molar-refractivity contribution in [2.75, 3.05) is 6.61 Å². The Labute approximate surface area is 108 Å². The van der Waals surface area contributed by atoms with Crippen LogP contribution in [0.3, 0.4) is 0 Å². The van der Waals surface area contributed by atoms with Crippen molar-refractivity contribution in [2.24, 2.45) is 5.73 Å². The number of unbranched alkanes of at least 4 members (excludes halogenated alkanes) is 1. The van der Waals surface area contributed by atoms with Crippen LogP contribution in [-0.2, 0) is 13.0 Å². The number of fused-ring (bicyclic) bond motifs is 1. The number of para-hydroxylation sites is 1. The van der Waals surface area contributed by atoms with Crippen molar-refractivity contribution in [3.63, 3.8) is 0 Å². The molecule has 1 aromatic heterocycles. The van der Waals surface area contributed by atoms with Crippen LogP contribution in [0, 0.1) is 0 Å². The van der Waals surface area contributed by atoms with Crippen molar-refractivity contribution in [1.82, 2.24) is 4.57 Å². The molecule has 3 heteroatoms. The van der Waals surface area contributed by atoms with Gasteiger partial charge in [0.15, 0.2) is 0 Å². The molecule has 0 amide bonds. The largest absolute Gasteiger partial charge is 0.395 e. The molecule has 2 rings (SSSR count). The molecule has 0 radical (unpaired) electrons. The van der Waals surface area contributed by atoms with E-state index >= 15 is 0 Å². The molecule has 0 aliphatic rings. The van der Waals surface area contributed by atoms with Crippen molar-refractivity contribution in [2.45, 2.75) is 38.8 Å². The zero-order valence-corrected chi connectivity index (χ0v) is 11.0. The van der Waals surface area contributed by atoms with Crippen molar-refractivity contribution in [3.05, 3.63) is 36.0 Å². The molecule has 98 valence electrons. The van der Waals surface area contributed by atoms with E-state index in [4.69, 9.17) is 10.8 Å². The summed E-state index contributed by atoms with van der Waals surface area (Å²) in [6.07, 6.45) is 5.30. The highest BCUT2D eigenvalue weighted by Gasteiger charge is 2.10. The number of hydrogen-bond donors (Lipinski definition) is 2. The highest BCUT2D eigenvalue weighted by Crippen LogP contribution is 2.22. The molecule has 0 aliphatic carbocycles. The Balaban J connectivity index is 2.34. The van der Waals surface area contributed by atoms with Crippen molar-refractivity contribution < 1.29 is 5.11 Å². The van der Waals surface area contributed by atoms with E-state index in [0.29, 0.717) is 0 Å². The monoisotopic (exact) mass is 246 g/mol. The molecule has 1 aromatic carbocycles. The van der Waals surface area contributed by atoms with E-state index in [-0.39, 0.29) is 12.6 Å². The topological polar surface area (TPSA) is 51.2 Å². The summed E-state index contributed by atoms with van der Waals surface area (Å²) in [5, 5.41) is 10.3. The molecular weight excluding hydrogens is 224 g/mol. The Morgan fingerprint density at radius 1 is 1.33 bits per heavy atom. The molecule has 1 atom stereocenters. The molecule has 3 N–H and O–H groups in total. The van der Waals surface area contributed by atoms with Crippen LogP contribution in [0.4, 0.5) is 0 Å². The molecule has 0 fully saturated rings. The average Bonchev–Trinajstić information content (AvgIpc) is 2.75. The second-order valence-electron chi connectivity index (χ2n) is 4.87. The minimum atomic E-state index is -0.171. The van der Waals surface area contributed by atoms with Gasteiger partial charge in [0.1, 0.15) is 0 Å². The maximum atomic E-state index is 9.08. The first kappa shape index (κ1) is 13.1. The standard InChI is InChI=1S/C15H22N2O/c1-2-3-8-17-10-12(9-13(16)11-18)14-6-4-5-7-15(14)17/h4-7,10,13,18H,2-3,8-9,11,16H2,1H3/t13-/m0/s1. The van der Waals surface area contributed by atoms with Crippen LogP contribution in [0.1, 0.15) is 25.3 Å². The van der Waals surface area contributed by atoms with E-state index in [9.17, 15) is 0 Å². The third-order valence-electron chi connectivity index (χ3n) is 3.34. The van der Waals surface area contributed by atoms with Gasteiger partial charge in [-0.15, -0.1) is 0 Å². The first-order valence-corrected chi connectivity index (χ1v) is 6.69. The van der Waals surface area contributed by atoms with E-state index in [1.54, 1.807) is 0 Å². The average molecular weight is 246 g/mol. The van der Waals surface area contributed by atoms with Gasteiger partial charge < -0.3 is 15.4 Å². The zero-order valence-electron chi connectivity index (χ0n) is 11.0. The van der Waals surface area contributed by atoms with Gasteiger partial charge in [-0.2, -0.15) is 0 Å². The highest BCUT2D eigenvalue weighted by atomic mass is 16.3. The quantitative estimate of drug-likeness (QED) is 0.821. The van der Waals surface area contributed by atoms with E-state index < -0.39 is 0 Å². The minimum Gasteiger partial charge on any atom is -0.395 e.